The molecule has 0 radical (unpaired) electrons. The Kier molecular flexibility index (Phi) is 3.21. The first-order chi connectivity index (χ1) is 6.83. The van der Waals surface area contributed by atoms with Gasteiger partial charge in [0.25, 0.3) is 0 Å². The van der Waals surface area contributed by atoms with Crippen LogP contribution in [0.3, 0.4) is 0 Å². The van der Waals surface area contributed by atoms with Crippen LogP contribution < -0.4 is 0 Å². The van der Waals surface area contributed by atoms with E-state index in [2.05, 4.69) is 27.7 Å². The summed E-state index contributed by atoms with van der Waals surface area (Å²) in [6.45, 7) is 9.94. The van der Waals surface area contributed by atoms with Gasteiger partial charge in [-0.1, -0.05) is 0 Å². The molecule has 2 rings (SSSR count). The summed E-state index contributed by atoms with van der Waals surface area (Å²) < 4.78 is 6.88. The zero-order valence-electron chi connectivity index (χ0n) is 11.2. The molecule has 0 N–H and O–H groups in total. The first kappa shape index (κ1) is 12.3. The molecule has 0 saturated carbocycles. The molecule has 0 aliphatic carbocycles. The summed E-state index contributed by atoms with van der Waals surface area (Å²) in [5, 5.41) is 0. The molecule has 1 spiro atoms. The number of hydrogen-bond donors (Lipinski definition) is 0. The quantitative estimate of drug-likeness (QED) is 0.547. The molecule has 0 aromatic rings. The van der Waals surface area contributed by atoms with E-state index >= 15 is 0 Å². The third kappa shape index (κ3) is 2.92. The third-order valence-corrected chi connectivity index (χ3v) is 20.3. The van der Waals surface area contributed by atoms with Crippen LogP contribution in [0.4, 0.5) is 0 Å². The Hall–Kier alpha value is 0.799. The van der Waals surface area contributed by atoms with E-state index in [-0.39, 0.29) is 0 Å². The Morgan fingerprint density at radius 2 is 0.867 bits per heavy atom. The van der Waals surface area contributed by atoms with E-state index in [1.165, 1.54) is 0 Å². The molecule has 15 heavy (non-hydrogen) atoms. The fourth-order valence-corrected chi connectivity index (χ4v) is 21.5. The fraction of sp³-hybridized carbons (Fsp3) is 1.00. The SMILES string of the molecule is CC1(C)C[CH2][Sn]2([CH2]C1)[CH2]CC(C)(C)C[CH2]2. The minimum absolute atomic E-state index is 0.690. The van der Waals surface area contributed by atoms with Gasteiger partial charge < -0.3 is 0 Å². The maximum absolute atomic E-state index is 2.48. The molecule has 1 heteroatoms. The van der Waals surface area contributed by atoms with Crippen molar-refractivity contribution < 1.29 is 0 Å². The Labute approximate surface area is 100 Å². The standard InChI is InChI=1S/2C7H14.Sn/c2*1-5-7(3,4)6-2;/h2*1-2,5-6H2,3-4H3;. The predicted octanol–water partition coefficient (Wildman–Crippen LogP) is 5.08. The van der Waals surface area contributed by atoms with Crippen molar-refractivity contribution in [2.75, 3.05) is 0 Å². The Morgan fingerprint density at radius 3 is 1.13 bits per heavy atom. The first-order valence-electron chi connectivity index (χ1n) is 6.83. The van der Waals surface area contributed by atoms with Crippen molar-refractivity contribution in [2.45, 2.75) is 71.1 Å². The van der Waals surface area contributed by atoms with Gasteiger partial charge in [-0.3, -0.25) is 0 Å². The van der Waals surface area contributed by atoms with Crippen molar-refractivity contribution in [3.8, 4) is 0 Å². The normalized spacial score (nSPS) is 32.8. The fourth-order valence-electron chi connectivity index (χ4n) is 3.41. The molecule has 0 aromatic heterocycles. The van der Waals surface area contributed by atoms with Crippen molar-refractivity contribution in [2.24, 2.45) is 10.8 Å². The second kappa shape index (κ2) is 3.92. The molecule has 0 aromatic carbocycles. The summed E-state index contributed by atoms with van der Waals surface area (Å²) in [6, 6.07) is 0. The van der Waals surface area contributed by atoms with Gasteiger partial charge in [0, 0.05) is 0 Å². The van der Waals surface area contributed by atoms with E-state index in [9.17, 15) is 0 Å². The molecule has 0 nitrogen and oxygen atoms in total. The monoisotopic (exact) mass is 316 g/mol. The second-order valence-electron chi connectivity index (χ2n) is 7.83. The van der Waals surface area contributed by atoms with Crippen molar-refractivity contribution in [3.05, 3.63) is 0 Å². The molecule has 2 heterocycles. The Morgan fingerprint density at radius 1 is 0.600 bits per heavy atom. The Balaban J connectivity index is 1.95. The minimum atomic E-state index is -1.52. The van der Waals surface area contributed by atoms with Crippen LogP contribution in [0.1, 0.15) is 53.4 Å². The van der Waals surface area contributed by atoms with Crippen LogP contribution in [0.25, 0.3) is 0 Å². The van der Waals surface area contributed by atoms with E-state index in [0.717, 1.165) is 0 Å². The summed E-state index contributed by atoms with van der Waals surface area (Å²) in [6.07, 6.45) is 6.24. The van der Waals surface area contributed by atoms with Gasteiger partial charge in [0.05, 0.1) is 0 Å². The van der Waals surface area contributed by atoms with Crippen molar-refractivity contribution in [3.63, 3.8) is 0 Å². The summed E-state index contributed by atoms with van der Waals surface area (Å²) in [4.78, 5) is 0. The van der Waals surface area contributed by atoms with Crippen molar-refractivity contribution in [1.29, 1.82) is 0 Å². The predicted molar refractivity (Wildman–Crippen MR) is 71.0 cm³/mol. The maximum atomic E-state index is 2.48. The molecular weight excluding hydrogens is 287 g/mol. The molecule has 0 bridgehead atoms. The summed E-state index contributed by atoms with van der Waals surface area (Å²) in [7, 11) is 0. The van der Waals surface area contributed by atoms with Crippen LogP contribution >= 0.6 is 0 Å². The van der Waals surface area contributed by atoms with E-state index in [1.807, 2.05) is 0 Å². The van der Waals surface area contributed by atoms with Gasteiger partial charge in [-0.05, 0) is 0 Å². The van der Waals surface area contributed by atoms with Gasteiger partial charge in [0.1, 0.15) is 0 Å². The van der Waals surface area contributed by atoms with Crippen molar-refractivity contribution >= 4 is 18.4 Å². The van der Waals surface area contributed by atoms with Gasteiger partial charge in [-0.2, -0.15) is 0 Å². The molecule has 2 fully saturated rings. The van der Waals surface area contributed by atoms with Crippen LogP contribution in [-0.4, -0.2) is 18.4 Å². The number of rotatable bonds is 0. The van der Waals surface area contributed by atoms with E-state index in [0.29, 0.717) is 10.8 Å². The summed E-state index contributed by atoms with van der Waals surface area (Å²) in [5.74, 6) is 0. The molecule has 0 atom stereocenters. The molecular formula is C14H28Sn. The Bertz CT molecular complexity index is 190. The zero-order valence-corrected chi connectivity index (χ0v) is 14.0. The van der Waals surface area contributed by atoms with Gasteiger partial charge in [0.2, 0.25) is 0 Å². The van der Waals surface area contributed by atoms with Crippen LogP contribution in [0.2, 0.25) is 17.7 Å². The molecule has 0 unspecified atom stereocenters. The second-order valence-corrected chi connectivity index (χ2v) is 22.1. The molecule has 2 saturated heterocycles. The zero-order chi connectivity index (χ0) is 11.2. The average molecular weight is 315 g/mol. The van der Waals surface area contributed by atoms with Gasteiger partial charge in [0.15, 0.2) is 0 Å². The van der Waals surface area contributed by atoms with Crippen molar-refractivity contribution in [1.82, 2.24) is 0 Å². The van der Waals surface area contributed by atoms with Crippen LogP contribution in [0.5, 0.6) is 0 Å². The molecule has 2 aliphatic heterocycles. The van der Waals surface area contributed by atoms with Crippen LogP contribution in [-0.2, 0) is 0 Å². The number of hydrogen-bond acceptors (Lipinski definition) is 0. The molecule has 0 amide bonds. The molecule has 2 aliphatic rings. The van der Waals surface area contributed by atoms with Gasteiger partial charge >= 0.3 is 100 Å². The van der Waals surface area contributed by atoms with E-state index < -0.39 is 18.4 Å². The average Bonchev–Trinajstić information content (AvgIpc) is 2.15. The van der Waals surface area contributed by atoms with Crippen LogP contribution in [0.15, 0.2) is 0 Å². The summed E-state index contributed by atoms with van der Waals surface area (Å²) >= 11 is -1.52. The van der Waals surface area contributed by atoms with E-state index in [4.69, 9.17) is 0 Å². The third-order valence-electron chi connectivity index (χ3n) is 5.33. The van der Waals surface area contributed by atoms with E-state index in [1.54, 1.807) is 43.4 Å². The van der Waals surface area contributed by atoms with Gasteiger partial charge in [-0.25, -0.2) is 0 Å². The topological polar surface area (TPSA) is 0 Å². The van der Waals surface area contributed by atoms with Gasteiger partial charge in [-0.15, -0.1) is 0 Å². The molecule has 88 valence electrons. The van der Waals surface area contributed by atoms with Crippen LogP contribution in [0, 0.1) is 10.8 Å². The first-order valence-corrected chi connectivity index (χ1v) is 14.9. The summed E-state index contributed by atoms with van der Waals surface area (Å²) in [5.41, 5.74) is 1.38.